The molecule has 0 aliphatic rings. The summed E-state index contributed by atoms with van der Waals surface area (Å²) in [4.78, 5) is 16.4. The van der Waals surface area contributed by atoms with Crippen molar-refractivity contribution in [2.24, 2.45) is 0 Å². The predicted molar refractivity (Wildman–Crippen MR) is 214 cm³/mol. The molecule has 0 saturated carbocycles. The number of benzene rings is 4. The summed E-state index contributed by atoms with van der Waals surface area (Å²) in [6.07, 6.45) is -0.248. The van der Waals surface area contributed by atoms with Crippen LogP contribution in [0.2, 0.25) is 0 Å². The minimum absolute atomic E-state index is 0.0807. The van der Waals surface area contributed by atoms with Crippen LogP contribution in [-0.2, 0) is 9.53 Å². The first-order valence-corrected chi connectivity index (χ1v) is 19.0. The number of nitrogens with zero attached hydrogens (tertiary/aromatic N) is 2. The zero-order chi connectivity index (χ0) is 37.3. The van der Waals surface area contributed by atoms with Gasteiger partial charge in [-0.3, -0.25) is 4.79 Å². The van der Waals surface area contributed by atoms with Crippen molar-refractivity contribution in [3.05, 3.63) is 130 Å². The van der Waals surface area contributed by atoms with Crippen LogP contribution in [-0.4, -0.2) is 80.2 Å². The summed E-state index contributed by atoms with van der Waals surface area (Å²) in [7, 11) is 8.40. The molecule has 52 heavy (non-hydrogen) atoms. The molecule has 6 aromatic rings. The molecule has 4 atom stereocenters. The molecule has 2 aromatic heterocycles. The first kappa shape index (κ1) is 40.5. The van der Waals surface area contributed by atoms with Crippen LogP contribution in [0.1, 0.15) is 41.7 Å². The van der Waals surface area contributed by atoms with Gasteiger partial charge in [-0.25, -0.2) is 0 Å². The third-order valence-corrected chi connectivity index (χ3v) is 9.97. The summed E-state index contributed by atoms with van der Waals surface area (Å²) in [6, 6.07) is 37.8. The predicted octanol–water partition coefficient (Wildman–Crippen LogP) is 8.80. The van der Waals surface area contributed by atoms with Gasteiger partial charge in [0.2, 0.25) is 6.29 Å². The Morgan fingerprint density at radius 2 is 1.04 bits per heavy atom. The van der Waals surface area contributed by atoms with Gasteiger partial charge in [-0.15, -0.1) is 22.7 Å². The molecule has 6 rings (SSSR count). The normalized spacial score (nSPS) is 13.3. The SMILES string of the molecule is CC(O)C(O)OC=O.CN(C)CCC(Oc1cccc2ccccc12)c1cccs1.CN(C)CC[C@H](Oc1cccc2ccccc12)c1cccs1. The molecule has 4 aromatic carbocycles. The lowest BCUT2D eigenvalue weighted by Gasteiger charge is -2.21. The number of aliphatic hydroxyl groups is 2. The molecule has 0 aliphatic carbocycles. The topological polar surface area (TPSA) is 91.7 Å². The highest BCUT2D eigenvalue weighted by Crippen LogP contribution is 2.34. The van der Waals surface area contributed by atoms with Gasteiger partial charge in [-0.2, -0.15) is 0 Å². The number of carbonyl (C=O) groups is 1. The Labute approximate surface area is 315 Å². The minimum Gasteiger partial charge on any atom is -0.484 e. The Hall–Kier alpha value is -4.29. The van der Waals surface area contributed by atoms with Crippen molar-refractivity contribution in [2.45, 2.75) is 44.4 Å². The first-order valence-electron chi connectivity index (χ1n) is 17.3. The zero-order valence-corrected chi connectivity index (χ0v) is 32.1. The van der Waals surface area contributed by atoms with Gasteiger partial charge in [0.25, 0.3) is 6.47 Å². The molecule has 0 spiro atoms. The van der Waals surface area contributed by atoms with Gasteiger partial charge in [0.05, 0.1) is 0 Å². The standard InChI is InChI=1S/2C19H21NOS.C4H8O4/c2*1-20(2)13-12-18(19-11-6-14-22-19)21-17-10-5-8-15-7-3-4-9-16(15)17;1-3(6)4(7)8-2-5/h2*3-11,14,18H,12-13H2,1-2H3;2-4,6-7H,1H3/t18-;;/m0../s1. The maximum atomic E-state index is 9.43. The van der Waals surface area contributed by atoms with Gasteiger partial charge >= 0.3 is 0 Å². The second-order valence-electron chi connectivity index (χ2n) is 12.7. The molecule has 0 saturated heterocycles. The molecule has 8 nitrogen and oxygen atoms in total. The second-order valence-corrected chi connectivity index (χ2v) is 14.7. The summed E-state index contributed by atoms with van der Waals surface area (Å²) in [6.45, 7) is 3.41. The quantitative estimate of drug-likeness (QED) is 0.0798. The molecular weight excluding hydrogens is 693 g/mol. The van der Waals surface area contributed by atoms with E-state index in [-0.39, 0.29) is 18.7 Å². The van der Waals surface area contributed by atoms with Crippen molar-refractivity contribution in [1.82, 2.24) is 9.80 Å². The third kappa shape index (κ3) is 12.7. The fraction of sp³-hybridized carbons (Fsp3) is 0.310. The van der Waals surface area contributed by atoms with Crippen LogP contribution in [0, 0.1) is 0 Å². The number of carbonyl (C=O) groups excluding carboxylic acids is 1. The summed E-state index contributed by atoms with van der Waals surface area (Å²) in [5.41, 5.74) is 0. The highest BCUT2D eigenvalue weighted by atomic mass is 32.1. The molecule has 0 bridgehead atoms. The average Bonchev–Trinajstić information content (AvgIpc) is 3.89. The van der Waals surface area contributed by atoms with Crippen molar-refractivity contribution in [3.8, 4) is 11.5 Å². The molecule has 276 valence electrons. The van der Waals surface area contributed by atoms with E-state index < -0.39 is 12.4 Å². The van der Waals surface area contributed by atoms with Crippen molar-refractivity contribution >= 4 is 50.7 Å². The number of hydrogen-bond donors (Lipinski definition) is 2. The van der Waals surface area contributed by atoms with Crippen molar-refractivity contribution in [1.29, 1.82) is 0 Å². The molecule has 2 N–H and O–H groups in total. The number of hydrogen-bond acceptors (Lipinski definition) is 10. The van der Waals surface area contributed by atoms with Crippen LogP contribution in [0.4, 0.5) is 0 Å². The van der Waals surface area contributed by atoms with Gasteiger partial charge in [-0.1, -0.05) is 84.9 Å². The molecule has 10 heteroatoms. The zero-order valence-electron chi connectivity index (χ0n) is 30.5. The molecule has 0 radical (unpaired) electrons. The third-order valence-electron chi connectivity index (χ3n) is 8.04. The lowest BCUT2D eigenvalue weighted by Crippen LogP contribution is -2.24. The van der Waals surface area contributed by atoms with E-state index >= 15 is 0 Å². The van der Waals surface area contributed by atoms with Gasteiger partial charge in [0, 0.05) is 46.5 Å². The van der Waals surface area contributed by atoms with Gasteiger partial charge < -0.3 is 34.2 Å². The molecular formula is C42H50N2O6S2. The first-order chi connectivity index (χ1) is 25.2. The van der Waals surface area contributed by atoms with E-state index in [9.17, 15) is 4.79 Å². The molecule has 0 aliphatic heterocycles. The monoisotopic (exact) mass is 742 g/mol. The van der Waals surface area contributed by atoms with Crippen molar-refractivity contribution < 1.29 is 29.2 Å². The Morgan fingerprint density at radius 3 is 1.38 bits per heavy atom. The molecule has 0 fully saturated rings. The fourth-order valence-corrected chi connectivity index (χ4v) is 6.87. The van der Waals surface area contributed by atoms with Crippen LogP contribution in [0.15, 0.2) is 120 Å². The number of fused-ring (bicyclic) bond motifs is 2. The van der Waals surface area contributed by atoms with Crippen LogP contribution in [0.5, 0.6) is 11.5 Å². The van der Waals surface area contributed by atoms with Crippen LogP contribution in [0.25, 0.3) is 21.5 Å². The smallest absolute Gasteiger partial charge is 0.295 e. The van der Waals surface area contributed by atoms with Crippen molar-refractivity contribution in [2.75, 3.05) is 41.3 Å². The largest absolute Gasteiger partial charge is 0.484 e. The maximum Gasteiger partial charge on any atom is 0.295 e. The summed E-state index contributed by atoms with van der Waals surface area (Å²) in [5.74, 6) is 1.94. The Kier molecular flexibility index (Phi) is 16.6. The highest BCUT2D eigenvalue weighted by molar-refractivity contribution is 7.10. The van der Waals surface area contributed by atoms with Crippen LogP contribution < -0.4 is 9.47 Å². The maximum absolute atomic E-state index is 9.43. The fourth-order valence-electron chi connectivity index (χ4n) is 5.29. The summed E-state index contributed by atoms with van der Waals surface area (Å²) < 4.78 is 16.7. The Balaban J connectivity index is 0.000000193. The summed E-state index contributed by atoms with van der Waals surface area (Å²) in [5, 5.41) is 25.9. The second kappa shape index (κ2) is 21.3. The van der Waals surface area contributed by atoms with E-state index in [1.165, 1.54) is 38.2 Å². The lowest BCUT2D eigenvalue weighted by atomic mass is 10.1. The molecule has 3 unspecified atom stereocenters. The summed E-state index contributed by atoms with van der Waals surface area (Å²) >= 11 is 3.53. The minimum atomic E-state index is -1.40. The van der Waals surface area contributed by atoms with E-state index in [4.69, 9.17) is 19.7 Å². The van der Waals surface area contributed by atoms with Crippen molar-refractivity contribution in [3.63, 3.8) is 0 Å². The number of thiophene rings is 2. The van der Waals surface area contributed by atoms with E-state index in [0.29, 0.717) is 0 Å². The van der Waals surface area contributed by atoms with E-state index in [1.54, 1.807) is 22.7 Å². The van der Waals surface area contributed by atoms with Gasteiger partial charge in [0.1, 0.15) is 29.8 Å². The highest BCUT2D eigenvalue weighted by Gasteiger charge is 2.18. The van der Waals surface area contributed by atoms with Crippen LogP contribution >= 0.6 is 22.7 Å². The van der Waals surface area contributed by atoms with E-state index in [0.717, 1.165) is 37.4 Å². The Bertz CT molecular complexity index is 1740. The lowest BCUT2D eigenvalue weighted by molar-refractivity contribution is -0.169. The van der Waals surface area contributed by atoms with Crippen LogP contribution in [0.3, 0.4) is 0 Å². The molecule has 2 heterocycles. The Morgan fingerprint density at radius 1 is 0.615 bits per heavy atom. The van der Waals surface area contributed by atoms with E-state index in [2.05, 4.69) is 163 Å². The number of aliphatic hydroxyl groups excluding tert-OH is 2. The van der Waals surface area contributed by atoms with Gasteiger partial charge in [-0.05, 0) is 80.9 Å². The van der Waals surface area contributed by atoms with Gasteiger partial charge in [0.15, 0.2) is 0 Å². The number of rotatable bonds is 15. The molecule has 0 amide bonds. The average molecular weight is 743 g/mol. The van der Waals surface area contributed by atoms with E-state index in [1.807, 2.05) is 0 Å². The number of ether oxygens (including phenoxy) is 3.